The van der Waals surface area contributed by atoms with Gasteiger partial charge in [-0.1, -0.05) is 30.3 Å². The minimum Gasteiger partial charge on any atom is -0.488 e. The molecule has 0 unspecified atom stereocenters. The van der Waals surface area contributed by atoms with Crippen molar-refractivity contribution in [1.82, 2.24) is 5.32 Å². The van der Waals surface area contributed by atoms with E-state index in [9.17, 15) is 22.8 Å². The molecule has 0 aliphatic rings. The van der Waals surface area contributed by atoms with Crippen LogP contribution in [0.2, 0.25) is 5.02 Å². The Morgan fingerprint density at radius 3 is 2.42 bits per heavy atom. The van der Waals surface area contributed by atoms with Crippen LogP contribution in [0.3, 0.4) is 0 Å². The highest BCUT2D eigenvalue weighted by molar-refractivity contribution is 6.32. The van der Waals surface area contributed by atoms with Crippen LogP contribution < -0.4 is 15.4 Å². The normalized spacial score (nSPS) is 10.2. The van der Waals surface area contributed by atoms with Gasteiger partial charge >= 0.3 is 6.03 Å². The topological polar surface area (TPSA) is 67.4 Å². The van der Waals surface area contributed by atoms with Gasteiger partial charge in [0, 0.05) is 6.07 Å². The first-order chi connectivity index (χ1) is 12.3. The number of ether oxygens (including phenoxy) is 1. The maximum Gasteiger partial charge on any atom is 0.326 e. The molecule has 2 aromatic carbocycles. The van der Waals surface area contributed by atoms with Crippen molar-refractivity contribution in [3.05, 3.63) is 71.0 Å². The highest BCUT2D eigenvalue weighted by atomic mass is 35.5. The monoisotopic (exact) mass is 384 g/mol. The minimum atomic E-state index is -1.32. The van der Waals surface area contributed by atoms with Gasteiger partial charge in [0.1, 0.15) is 35.4 Å². The second-order valence-electron chi connectivity index (χ2n) is 4.87. The number of imide groups is 1. The Bertz CT molecular complexity index is 854. The number of urea groups is 1. The van der Waals surface area contributed by atoms with Crippen LogP contribution in [0.4, 0.5) is 23.7 Å². The van der Waals surface area contributed by atoms with E-state index in [1.54, 1.807) is 5.32 Å². The predicted molar refractivity (Wildman–Crippen MR) is 89.9 cm³/mol. The fourth-order valence-electron chi connectivity index (χ4n) is 1.92. The van der Waals surface area contributed by atoms with Gasteiger partial charge in [-0.2, -0.15) is 0 Å². The molecule has 26 heavy (non-hydrogen) atoms. The highest BCUT2D eigenvalue weighted by Gasteiger charge is 2.20. The largest absolute Gasteiger partial charge is 0.488 e. The average molecular weight is 385 g/mol. The molecule has 3 amide bonds. The number of benzene rings is 2. The van der Waals surface area contributed by atoms with Gasteiger partial charge in [0.25, 0.3) is 5.91 Å². The summed E-state index contributed by atoms with van der Waals surface area (Å²) in [6, 6.07) is 3.57. The van der Waals surface area contributed by atoms with E-state index in [4.69, 9.17) is 16.3 Å². The SMILES string of the molecule is C=CCOc1cc(NC(=O)NC(=O)c2c(F)cccc2F)c(F)cc1Cl. The van der Waals surface area contributed by atoms with Gasteiger partial charge in [0.2, 0.25) is 0 Å². The first kappa shape index (κ1) is 19.3. The molecule has 0 radical (unpaired) electrons. The molecular weight excluding hydrogens is 373 g/mol. The number of rotatable bonds is 5. The van der Waals surface area contributed by atoms with E-state index in [0.717, 1.165) is 30.3 Å². The lowest BCUT2D eigenvalue weighted by Gasteiger charge is -2.11. The van der Waals surface area contributed by atoms with Gasteiger partial charge in [-0.3, -0.25) is 10.1 Å². The van der Waals surface area contributed by atoms with E-state index in [-0.39, 0.29) is 23.1 Å². The van der Waals surface area contributed by atoms with Crippen LogP contribution in [0.15, 0.2) is 43.0 Å². The Morgan fingerprint density at radius 1 is 1.15 bits per heavy atom. The second kappa shape index (κ2) is 8.39. The number of nitrogens with one attached hydrogen (secondary N) is 2. The Hall–Kier alpha value is -3.00. The molecule has 0 fully saturated rings. The number of amides is 3. The number of hydrogen-bond donors (Lipinski definition) is 2. The van der Waals surface area contributed by atoms with Gasteiger partial charge in [0.05, 0.1) is 10.7 Å². The first-order valence-electron chi connectivity index (χ1n) is 7.12. The summed E-state index contributed by atoms with van der Waals surface area (Å²) in [5.74, 6) is -4.45. The standard InChI is InChI=1S/C17H12ClF3N2O3/c1-2-6-26-14-8-13(12(21)7-9(14)18)22-17(25)23-16(24)15-10(19)4-3-5-11(15)20/h2-5,7-8H,1,6H2,(H2,22,23,24,25). The molecule has 0 aliphatic carbocycles. The van der Waals surface area contributed by atoms with E-state index >= 15 is 0 Å². The lowest BCUT2D eigenvalue weighted by molar-refractivity contribution is 0.0959. The fourth-order valence-corrected chi connectivity index (χ4v) is 2.12. The summed E-state index contributed by atoms with van der Waals surface area (Å²) in [6.07, 6.45) is 1.43. The zero-order valence-corrected chi connectivity index (χ0v) is 13.9. The molecule has 0 saturated carbocycles. The zero-order valence-electron chi connectivity index (χ0n) is 13.1. The van der Waals surface area contributed by atoms with E-state index in [0.29, 0.717) is 0 Å². The van der Waals surface area contributed by atoms with Crippen LogP contribution >= 0.6 is 11.6 Å². The molecule has 0 heterocycles. The van der Waals surface area contributed by atoms with Crippen LogP contribution in [-0.2, 0) is 0 Å². The Balaban J connectivity index is 2.14. The minimum absolute atomic E-state index is 0.0418. The molecular formula is C17H12ClF3N2O3. The van der Waals surface area contributed by atoms with Crippen LogP contribution in [0, 0.1) is 17.5 Å². The second-order valence-corrected chi connectivity index (χ2v) is 5.27. The number of halogens is 4. The van der Waals surface area contributed by atoms with Crippen molar-refractivity contribution in [2.24, 2.45) is 0 Å². The Morgan fingerprint density at radius 2 is 1.81 bits per heavy atom. The summed E-state index contributed by atoms with van der Waals surface area (Å²) in [6.45, 7) is 3.53. The lowest BCUT2D eigenvalue weighted by atomic mass is 10.2. The van der Waals surface area contributed by atoms with Crippen molar-refractivity contribution in [3.8, 4) is 5.75 Å². The molecule has 2 N–H and O–H groups in total. The average Bonchev–Trinajstić information content (AvgIpc) is 2.56. The smallest absolute Gasteiger partial charge is 0.326 e. The molecule has 0 bridgehead atoms. The zero-order chi connectivity index (χ0) is 19.3. The van der Waals surface area contributed by atoms with Crippen LogP contribution in [0.5, 0.6) is 5.75 Å². The highest BCUT2D eigenvalue weighted by Crippen LogP contribution is 2.30. The van der Waals surface area contributed by atoms with Gasteiger partial charge in [-0.25, -0.2) is 18.0 Å². The molecule has 0 spiro atoms. The number of carbonyl (C=O) groups is 2. The molecule has 0 saturated heterocycles. The molecule has 0 aliphatic heterocycles. The molecule has 5 nitrogen and oxygen atoms in total. The molecule has 136 valence electrons. The predicted octanol–water partition coefficient (Wildman–Crippen LogP) is 4.28. The van der Waals surface area contributed by atoms with Gasteiger partial charge in [-0.05, 0) is 18.2 Å². The van der Waals surface area contributed by atoms with Crippen molar-refractivity contribution in [2.75, 3.05) is 11.9 Å². The van der Waals surface area contributed by atoms with Crippen molar-refractivity contribution < 1.29 is 27.5 Å². The number of carbonyl (C=O) groups excluding carboxylic acids is 2. The summed E-state index contributed by atoms with van der Waals surface area (Å²) >= 11 is 5.81. The lowest BCUT2D eigenvalue weighted by Crippen LogP contribution is -2.35. The third kappa shape index (κ3) is 4.54. The molecule has 9 heteroatoms. The molecule has 0 atom stereocenters. The number of hydrogen-bond acceptors (Lipinski definition) is 3. The van der Waals surface area contributed by atoms with Gasteiger partial charge in [-0.15, -0.1) is 0 Å². The van der Waals surface area contributed by atoms with Gasteiger partial charge in [0.15, 0.2) is 0 Å². The Kier molecular flexibility index (Phi) is 6.24. The van der Waals surface area contributed by atoms with E-state index in [2.05, 4.69) is 6.58 Å². The molecule has 2 aromatic rings. The summed E-state index contributed by atoms with van der Waals surface area (Å²) < 4.78 is 46.1. The van der Waals surface area contributed by atoms with Crippen LogP contribution in [0.25, 0.3) is 0 Å². The molecule has 2 rings (SSSR count). The van der Waals surface area contributed by atoms with Crippen molar-refractivity contribution in [2.45, 2.75) is 0 Å². The summed E-state index contributed by atoms with van der Waals surface area (Å²) in [5, 5.41) is 3.70. The van der Waals surface area contributed by atoms with E-state index in [1.165, 1.54) is 6.08 Å². The fraction of sp³-hybridized carbons (Fsp3) is 0.0588. The summed E-state index contributed by atoms with van der Waals surface area (Å²) in [7, 11) is 0. The maximum atomic E-state index is 13.9. The maximum absolute atomic E-state index is 13.9. The third-order valence-corrected chi connectivity index (χ3v) is 3.34. The third-order valence-electron chi connectivity index (χ3n) is 3.04. The molecule has 0 aromatic heterocycles. The summed E-state index contributed by atoms with van der Waals surface area (Å²) in [4.78, 5) is 23.7. The van der Waals surface area contributed by atoms with Crippen molar-refractivity contribution in [1.29, 1.82) is 0 Å². The quantitative estimate of drug-likeness (QED) is 0.756. The van der Waals surface area contributed by atoms with E-state index in [1.807, 2.05) is 5.32 Å². The first-order valence-corrected chi connectivity index (χ1v) is 7.50. The van der Waals surface area contributed by atoms with Gasteiger partial charge < -0.3 is 10.1 Å². The van der Waals surface area contributed by atoms with Crippen molar-refractivity contribution >= 4 is 29.2 Å². The van der Waals surface area contributed by atoms with Crippen LogP contribution in [0.1, 0.15) is 10.4 Å². The summed E-state index contributed by atoms with van der Waals surface area (Å²) in [5.41, 5.74) is -1.29. The Labute approximate surface area is 151 Å². The number of anilines is 1. The van der Waals surface area contributed by atoms with E-state index < -0.39 is 35.0 Å². The van der Waals surface area contributed by atoms with Crippen LogP contribution in [-0.4, -0.2) is 18.5 Å². The van der Waals surface area contributed by atoms with Crippen molar-refractivity contribution in [3.63, 3.8) is 0 Å².